The molecular formula is C14H28N4S. The lowest BCUT2D eigenvalue weighted by molar-refractivity contribution is 0.182. The van der Waals surface area contributed by atoms with Crippen molar-refractivity contribution in [2.75, 3.05) is 18.4 Å². The summed E-state index contributed by atoms with van der Waals surface area (Å²) < 4.78 is 0. The molecule has 1 aromatic rings. The van der Waals surface area contributed by atoms with Crippen molar-refractivity contribution in [2.24, 2.45) is 0 Å². The summed E-state index contributed by atoms with van der Waals surface area (Å²) in [6, 6.07) is 1.14. The highest BCUT2D eigenvalue weighted by atomic mass is 32.1. The maximum absolute atomic E-state index is 4.25. The average Bonchev–Trinajstić information content (AvgIpc) is 2.71. The van der Waals surface area contributed by atoms with Gasteiger partial charge in [0.05, 0.1) is 0 Å². The molecule has 0 spiro atoms. The third-order valence-corrected chi connectivity index (χ3v) is 4.35. The highest BCUT2D eigenvalue weighted by Crippen LogP contribution is 2.27. The van der Waals surface area contributed by atoms with Crippen LogP contribution in [0.25, 0.3) is 0 Å². The Bertz CT molecular complexity index is 371. The van der Waals surface area contributed by atoms with E-state index in [-0.39, 0.29) is 5.41 Å². The van der Waals surface area contributed by atoms with Crippen molar-refractivity contribution in [3.63, 3.8) is 0 Å². The third-order valence-electron chi connectivity index (χ3n) is 3.04. The summed E-state index contributed by atoms with van der Waals surface area (Å²) >= 11 is 1.66. The minimum Gasteiger partial charge on any atom is -0.359 e. The quantitative estimate of drug-likeness (QED) is 0.869. The average molecular weight is 284 g/mol. The van der Waals surface area contributed by atoms with Gasteiger partial charge in [-0.25, -0.2) is 0 Å². The maximum Gasteiger partial charge on any atom is 0.205 e. The normalized spacial score (nSPS) is 12.7. The second kappa shape index (κ2) is 6.66. The van der Waals surface area contributed by atoms with Gasteiger partial charge < -0.3 is 5.32 Å². The van der Waals surface area contributed by atoms with Crippen molar-refractivity contribution in [2.45, 2.75) is 66.0 Å². The summed E-state index contributed by atoms with van der Waals surface area (Å²) in [5, 5.41) is 13.8. The Balaban J connectivity index is 2.47. The van der Waals surface area contributed by atoms with Crippen molar-refractivity contribution >= 4 is 16.5 Å². The van der Waals surface area contributed by atoms with E-state index in [4.69, 9.17) is 0 Å². The van der Waals surface area contributed by atoms with Crippen LogP contribution in [0.4, 0.5) is 5.13 Å². The van der Waals surface area contributed by atoms with Gasteiger partial charge in [-0.2, -0.15) is 0 Å². The highest BCUT2D eigenvalue weighted by molar-refractivity contribution is 7.15. The molecule has 0 saturated heterocycles. The summed E-state index contributed by atoms with van der Waals surface area (Å²) in [5.41, 5.74) is 0.0828. The molecular weight excluding hydrogens is 256 g/mol. The molecule has 0 bridgehead atoms. The topological polar surface area (TPSA) is 41.0 Å². The fraction of sp³-hybridized carbons (Fsp3) is 0.857. The van der Waals surface area contributed by atoms with Crippen LogP contribution in [-0.2, 0) is 5.41 Å². The van der Waals surface area contributed by atoms with E-state index in [0.29, 0.717) is 12.1 Å². The minimum atomic E-state index is 0.0828. The standard InChI is InChI=1S/C14H28N4S/c1-10(2)18(11(3)4)9-8-15-13-17-16-12(19-13)14(5,6)7/h10-11H,8-9H2,1-7H3,(H,15,17). The number of hydrogen-bond donors (Lipinski definition) is 1. The largest absolute Gasteiger partial charge is 0.359 e. The molecule has 1 aromatic heterocycles. The van der Waals surface area contributed by atoms with Gasteiger partial charge in [0.15, 0.2) is 0 Å². The van der Waals surface area contributed by atoms with Gasteiger partial charge in [0.2, 0.25) is 5.13 Å². The Morgan fingerprint density at radius 2 is 1.68 bits per heavy atom. The number of anilines is 1. The molecule has 110 valence electrons. The zero-order valence-corrected chi connectivity index (χ0v) is 14.1. The van der Waals surface area contributed by atoms with Gasteiger partial charge in [-0.3, -0.25) is 4.90 Å². The van der Waals surface area contributed by atoms with Crippen molar-refractivity contribution < 1.29 is 0 Å². The molecule has 1 heterocycles. The molecule has 0 saturated carbocycles. The van der Waals surface area contributed by atoms with E-state index in [9.17, 15) is 0 Å². The Morgan fingerprint density at radius 1 is 1.11 bits per heavy atom. The molecule has 0 fully saturated rings. The molecule has 0 aromatic carbocycles. The number of aromatic nitrogens is 2. The molecule has 0 aliphatic heterocycles. The van der Waals surface area contributed by atoms with Gasteiger partial charge in [0.1, 0.15) is 5.01 Å². The van der Waals surface area contributed by atoms with Crippen LogP contribution < -0.4 is 5.32 Å². The summed E-state index contributed by atoms with van der Waals surface area (Å²) in [4.78, 5) is 2.47. The molecule has 0 unspecified atom stereocenters. The predicted molar refractivity (Wildman–Crippen MR) is 84.1 cm³/mol. The molecule has 0 aliphatic rings. The Hall–Kier alpha value is -0.680. The van der Waals surface area contributed by atoms with Gasteiger partial charge in [-0.05, 0) is 27.7 Å². The van der Waals surface area contributed by atoms with Crippen LogP contribution in [0.15, 0.2) is 0 Å². The Labute approximate surface area is 121 Å². The zero-order valence-electron chi connectivity index (χ0n) is 13.3. The zero-order chi connectivity index (χ0) is 14.6. The number of nitrogens with zero attached hydrogens (tertiary/aromatic N) is 3. The Morgan fingerprint density at radius 3 is 2.11 bits per heavy atom. The molecule has 19 heavy (non-hydrogen) atoms. The van der Waals surface area contributed by atoms with Crippen LogP contribution in [-0.4, -0.2) is 40.3 Å². The number of nitrogens with one attached hydrogen (secondary N) is 1. The molecule has 0 aliphatic carbocycles. The van der Waals surface area contributed by atoms with Crippen LogP contribution in [0.2, 0.25) is 0 Å². The van der Waals surface area contributed by atoms with Crippen molar-refractivity contribution in [3.05, 3.63) is 5.01 Å². The first-order valence-electron chi connectivity index (χ1n) is 7.05. The first-order valence-corrected chi connectivity index (χ1v) is 7.87. The smallest absolute Gasteiger partial charge is 0.205 e. The molecule has 4 nitrogen and oxygen atoms in total. The van der Waals surface area contributed by atoms with Gasteiger partial charge in [0.25, 0.3) is 0 Å². The van der Waals surface area contributed by atoms with Crippen LogP contribution in [0.1, 0.15) is 53.5 Å². The summed E-state index contributed by atoms with van der Waals surface area (Å²) in [5.74, 6) is 0. The molecule has 5 heteroatoms. The van der Waals surface area contributed by atoms with Crippen LogP contribution in [0.5, 0.6) is 0 Å². The molecule has 0 atom stereocenters. The minimum absolute atomic E-state index is 0.0828. The lowest BCUT2D eigenvalue weighted by Crippen LogP contribution is -2.40. The lowest BCUT2D eigenvalue weighted by atomic mass is 9.98. The van der Waals surface area contributed by atoms with Crippen molar-refractivity contribution in [1.82, 2.24) is 15.1 Å². The maximum atomic E-state index is 4.25. The van der Waals surface area contributed by atoms with Crippen LogP contribution >= 0.6 is 11.3 Å². The lowest BCUT2D eigenvalue weighted by Gasteiger charge is -2.30. The van der Waals surface area contributed by atoms with Gasteiger partial charge in [-0.1, -0.05) is 32.1 Å². The molecule has 1 rings (SSSR count). The summed E-state index contributed by atoms with van der Waals surface area (Å²) in [6.45, 7) is 17.4. The predicted octanol–water partition coefficient (Wildman–Crippen LogP) is 3.37. The number of rotatable bonds is 6. The van der Waals surface area contributed by atoms with E-state index in [0.717, 1.165) is 23.2 Å². The molecule has 0 radical (unpaired) electrons. The van der Waals surface area contributed by atoms with Crippen molar-refractivity contribution in [1.29, 1.82) is 0 Å². The van der Waals surface area contributed by atoms with E-state index < -0.39 is 0 Å². The van der Waals surface area contributed by atoms with E-state index in [1.54, 1.807) is 11.3 Å². The van der Waals surface area contributed by atoms with Gasteiger partial charge in [-0.15, -0.1) is 10.2 Å². The van der Waals surface area contributed by atoms with E-state index in [1.165, 1.54) is 0 Å². The monoisotopic (exact) mass is 284 g/mol. The Kier molecular flexibility index (Phi) is 5.74. The second-order valence-electron chi connectivity index (χ2n) is 6.51. The van der Waals surface area contributed by atoms with E-state index in [2.05, 4.69) is 68.9 Å². The molecule has 1 N–H and O–H groups in total. The fourth-order valence-corrected chi connectivity index (χ4v) is 2.83. The summed E-state index contributed by atoms with van der Waals surface area (Å²) in [7, 11) is 0. The third kappa shape index (κ3) is 5.07. The second-order valence-corrected chi connectivity index (χ2v) is 7.49. The number of hydrogen-bond acceptors (Lipinski definition) is 5. The van der Waals surface area contributed by atoms with Gasteiger partial charge >= 0.3 is 0 Å². The SMILES string of the molecule is CC(C)N(CCNc1nnc(C(C)(C)C)s1)C(C)C. The van der Waals surface area contributed by atoms with Crippen LogP contribution in [0, 0.1) is 0 Å². The van der Waals surface area contributed by atoms with E-state index in [1.807, 2.05) is 0 Å². The highest BCUT2D eigenvalue weighted by Gasteiger charge is 2.19. The van der Waals surface area contributed by atoms with Crippen LogP contribution in [0.3, 0.4) is 0 Å². The first-order chi connectivity index (χ1) is 8.71. The van der Waals surface area contributed by atoms with E-state index >= 15 is 0 Å². The van der Waals surface area contributed by atoms with Crippen molar-refractivity contribution in [3.8, 4) is 0 Å². The molecule has 0 amide bonds. The summed E-state index contributed by atoms with van der Waals surface area (Å²) in [6.07, 6.45) is 0. The fourth-order valence-electron chi connectivity index (χ4n) is 2.00. The van der Waals surface area contributed by atoms with Gasteiger partial charge in [0, 0.05) is 30.6 Å². The first kappa shape index (κ1) is 16.4.